The van der Waals surface area contributed by atoms with Crippen LogP contribution in [0.2, 0.25) is 0 Å². The number of urea groups is 1. The van der Waals surface area contributed by atoms with E-state index in [0.29, 0.717) is 16.7 Å². The number of carbonyl (C=O) groups excluding carboxylic acids is 2. The Bertz CT molecular complexity index is 873. The van der Waals surface area contributed by atoms with Crippen LogP contribution in [-0.2, 0) is 11.3 Å². The summed E-state index contributed by atoms with van der Waals surface area (Å²) in [5.41, 5.74) is 0.404. The molecule has 0 atom stereocenters. The Hall–Kier alpha value is -2.74. The van der Waals surface area contributed by atoms with Gasteiger partial charge < -0.3 is 10.3 Å². The van der Waals surface area contributed by atoms with E-state index >= 15 is 0 Å². The van der Waals surface area contributed by atoms with E-state index in [1.54, 1.807) is 30.1 Å². The highest BCUT2D eigenvalue weighted by Crippen LogP contribution is 2.17. The van der Waals surface area contributed by atoms with Crippen molar-refractivity contribution in [2.75, 3.05) is 13.6 Å². The lowest BCUT2D eigenvalue weighted by atomic mass is 9.96. The SMILES string of the molecule is CN(CC(=O)NC(=O)NC1CCCCC1)Cc1nc2ccccc2c(=O)[nH]1. The number of aromatic nitrogens is 2. The smallest absolute Gasteiger partial charge is 0.321 e. The molecule has 2 aromatic rings. The minimum atomic E-state index is -0.447. The number of imide groups is 1. The molecule has 0 bridgehead atoms. The van der Waals surface area contributed by atoms with E-state index in [1.807, 2.05) is 6.07 Å². The molecule has 3 amide bonds. The third-order valence-corrected chi connectivity index (χ3v) is 4.69. The van der Waals surface area contributed by atoms with Crippen molar-refractivity contribution in [3.63, 3.8) is 0 Å². The van der Waals surface area contributed by atoms with E-state index in [-0.39, 0.29) is 24.7 Å². The zero-order chi connectivity index (χ0) is 19.2. The molecule has 8 nitrogen and oxygen atoms in total. The Morgan fingerprint density at radius 3 is 2.74 bits per heavy atom. The molecule has 1 saturated carbocycles. The van der Waals surface area contributed by atoms with Gasteiger partial charge in [0.15, 0.2) is 0 Å². The number of H-pyrrole nitrogens is 1. The predicted molar refractivity (Wildman–Crippen MR) is 102 cm³/mol. The van der Waals surface area contributed by atoms with Gasteiger partial charge in [-0.15, -0.1) is 0 Å². The van der Waals surface area contributed by atoms with E-state index in [9.17, 15) is 14.4 Å². The van der Waals surface area contributed by atoms with Gasteiger partial charge in [-0.2, -0.15) is 0 Å². The molecule has 3 rings (SSSR count). The molecule has 1 heterocycles. The molecule has 8 heteroatoms. The minimum absolute atomic E-state index is 0.0224. The van der Waals surface area contributed by atoms with Crippen LogP contribution >= 0.6 is 0 Å². The number of hydrogen-bond donors (Lipinski definition) is 3. The fourth-order valence-corrected chi connectivity index (χ4v) is 3.40. The summed E-state index contributed by atoms with van der Waals surface area (Å²) in [4.78, 5) is 44.9. The van der Waals surface area contributed by atoms with Crippen molar-refractivity contribution in [2.45, 2.75) is 44.7 Å². The lowest BCUT2D eigenvalue weighted by molar-refractivity contribution is -0.121. The first kappa shape index (κ1) is 19.0. The van der Waals surface area contributed by atoms with Gasteiger partial charge in [0.2, 0.25) is 5.91 Å². The summed E-state index contributed by atoms with van der Waals surface area (Å²) in [5.74, 6) is 0.0783. The molecular weight excluding hydrogens is 346 g/mol. The number of carbonyl (C=O) groups is 2. The van der Waals surface area contributed by atoms with Crippen LogP contribution in [0.1, 0.15) is 37.9 Å². The average molecular weight is 371 g/mol. The zero-order valence-electron chi connectivity index (χ0n) is 15.5. The van der Waals surface area contributed by atoms with E-state index in [2.05, 4.69) is 20.6 Å². The highest BCUT2D eigenvalue weighted by Gasteiger charge is 2.17. The maximum atomic E-state index is 12.1. The highest BCUT2D eigenvalue weighted by molar-refractivity contribution is 5.95. The summed E-state index contributed by atoms with van der Waals surface area (Å²) >= 11 is 0. The monoisotopic (exact) mass is 371 g/mol. The van der Waals surface area contributed by atoms with Gasteiger partial charge in [0.1, 0.15) is 5.82 Å². The van der Waals surface area contributed by atoms with Gasteiger partial charge in [0.05, 0.1) is 24.0 Å². The van der Waals surface area contributed by atoms with Gasteiger partial charge >= 0.3 is 6.03 Å². The quantitative estimate of drug-likeness (QED) is 0.739. The summed E-state index contributed by atoms with van der Waals surface area (Å²) in [6.45, 7) is 0.312. The number of rotatable bonds is 5. The topological polar surface area (TPSA) is 107 Å². The second-order valence-corrected chi connectivity index (χ2v) is 7.06. The van der Waals surface area contributed by atoms with Crippen molar-refractivity contribution < 1.29 is 9.59 Å². The summed E-state index contributed by atoms with van der Waals surface area (Å²) in [6.07, 6.45) is 5.34. The molecule has 1 aromatic heterocycles. The van der Waals surface area contributed by atoms with Crippen LogP contribution in [0.5, 0.6) is 0 Å². The Kier molecular flexibility index (Phi) is 6.18. The maximum Gasteiger partial charge on any atom is 0.321 e. The van der Waals surface area contributed by atoms with Gasteiger partial charge in [0.25, 0.3) is 5.56 Å². The minimum Gasteiger partial charge on any atom is -0.335 e. The number of hydrogen-bond acceptors (Lipinski definition) is 5. The van der Waals surface area contributed by atoms with Crippen LogP contribution in [0, 0.1) is 0 Å². The van der Waals surface area contributed by atoms with Gasteiger partial charge in [0, 0.05) is 6.04 Å². The molecule has 1 aromatic carbocycles. The first-order valence-corrected chi connectivity index (χ1v) is 9.28. The number of likely N-dealkylation sites (N-methyl/N-ethyl adjacent to an activating group) is 1. The molecule has 0 aliphatic heterocycles. The standard InChI is InChI=1S/C19H25N5O3/c1-24(11-16-21-15-10-6-5-9-14(15)18(26)22-16)12-17(25)23-19(27)20-13-7-3-2-4-8-13/h5-6,9-10,13H,2-4,7-8,11-12H2,1H3,(H,21,22,26)(H2,20,23,25,27). The van der Waals surface area contributed by atoms with Crippen LogP contribution in [0.4, 0.5) is 4.79 Å². The molecule has 1 fully saturated rings. The molecule has 144 valence electrons. The molecule has 27 heavy (non-hydrogen) atoms. The lowest BCUT2D eigenvalue weighted by Crippen LogP contribution is -2.47. The summed E-state index contributed by atoms with van der Waals surface area (Å²) < 4.78 is 0. The van der Waals surface area contributed by atoms with Crippen LogP contribution in [0.25, 0.3) is 10.9 Å². The molecular formula is C19H25N5O3. The van der Waals surface area contributed by atoms with Crippen molar-refractivity contribution in [3.8, 4) is 0 Å². The van der Waals surface area contributed by atoms with E-state index in [0.717, 1.165) is 25.7 Å². The first-order chi connectivity index (χ1) is 13.0. The van der Waals surface area contributed by atoms with Crippen molar-refractivity contribution in [1.82, 2.24) is 25.5 Å². The Morgan fingerprint density at radius 1 is 1.22 bits per heavy atom. The number of amides is 3. The molecule has 0 unspecified atom stereocenters. The Labute approximate surface area is 157 Å². The maximum absolute atomic E-state index is 12.1. The molecule has 1 aliphatic carbocycles. The van der Waals surface area contributed by atoms with Crippen LogP contribution < -0.4 is 16.2 Å². The second-order valence-electron chi connectivity index (χ2n) is 7.06. The molecule has 3 N–H and O–H groups in total. The first-order valence-electron chi connectivity index (χ1n) is 9.28. The second kappa shape index (κ2) is 8.77. The number of nitrogens with one attached hydrogen (secondary N) is 3. The van der Waals surface area contributed by atoms with Crippen LogP contribution in [0.3, 0.4) is 0 Å². The normalized spacial score (nSPS) is 15.0. The van der Waals surface area contributed by atoms with Gasteiger partial charge in [-0.1, -0.05) is 31.4 Å². The summed E-state index contributed by atoms with van der Waals surface area (Å²) in [5, 5.41) is 5.74. The Balaban J connectivity index is 1.51. The third-order valence-electron chi connectivity index (χ3n) is 4.69. The lowest BCUT2D eigenvalue weighted by Gasteiger charge is -2.23. The zero-order valence-corrected chi connectivity index (χ0v) is 15.5. The van der Waals surface area contributed by atoms with Crippen molar-refractivity contribution >= 4 is 22.8 Å². The fourth-order valence-electron chi connectivity index (χ4n) is 3.40. The fraction of sp³-hybridized carbons (Fsp3) is 0.474. The number of benzene rings is 1. The van der Waals surface area contributed by atoms with E-state index in [4.69, 9.17) is 0 Å². The van der Waals surface area contributed by atoms with Crippen LogP contribution in [0.15, 0.2) is 29.1 Å². The van der Waals surface area contributed by atoms with E-state index in [1.165, 1.54) is 6.42 Å². The van der Waals surface area contributed by atoms with Gasteiger partial charge in [-0.3, -0.25) is 19.8 Å². The number of para-hydroxylation sites is 1. The Morgan fingerprint density at radius 2 is 1.96 bits per heavy atom. The predicted octanol–water partition coefficient (Wildman–Crippen LogP) is 1.51. The van der Waals surface area contributed by atoms with Gasteiger partial charge in [-0.05, 0) is 32.0 Å². The average Bonchev–Trinajstić information content (AvgIpc) is 2.62. The molecule has 0 spiro atoms. The summed E-state index contributed by atoms with van der Waals surface area (Å²) in [6, 6.07) is 6.80. The van der Waals surface area contributed by atoms with Crippen molar-refractivity contribution in [3.05, 3.63) is 40.4 Å². The van der Waals surface area contributed by atoms with Crippen molar-refractivity contribution in [2.24, 2.45) is 0 Å². The largest absolute Gasteiger partial charge is 0.335 e. The van der Waals surface area contributed by atoms with E-state index < -0.39 is 11.9 Å². The third kappa shape index (κ3) is 5.37. The van der Waals surface area contributed by atoms with Crippen LogP contribution in [-0.4, -0.2) is 46.4 Å². The van der Waals surface area contributed by atoms with Crippen molar-refractivity contribution in [1.29, 1.82) is 0 Å². The molecule has 0 saturated heterocycles. The number of nitrogens with zero attached hydrogens (tertiary/aromatic N) is 2. The summed E-state index contributed by atoms with van der Waals surface area (Å²) in [7, 11) is 1.73. The molecule has 1 aliphatic rings. The highest BCUT2D eigenvalue weighted by atomic mass is 16.2. The van der Waals surface area contributed by atoms with Gasteiger partial charge in [-0.25, -0.2) is 9.78 Å². The molecule has 0 radical (unpaired) electrons. The number of fused-ring (bicyclic) bond motifs is 1. The number of aromatic amines is 1.